The molecule has 1 aromatic carbocycles. The fourth-order valence-corrected chi connectivity index (χ4v) is 3.93. The molecular formula is C24H38N2O3. The minimum Gasteiger partial charge on any atom is -0.383 e. The third-order valence-corrected chi connectivity index (χ3v) is 6.05. The lowest BCUT2D eigenvalue weighted by Crippen LogP contribution is -2.38. The summed E-state index contributed by atoms with van der Waals surface area (Å²) in [4.78, 5) is 29.1. The number of likely N-dealkylation sites (tertiary alicyclic amines) is 1. The lowest BCUT2D eigenvalue weighted by atomic mass is 9.92. The second-order valence-corrected chi connectivity index (χ2v) is 8.24. The third-order valence-electron chi connectivity index (χ3n) is 6.05. The Bertz CT molecular complexity index is 622. The highest BCUT2D eigenvalue weighted by atomic mass is 16.5. The summed E-state index contributed by atoms with van der Waals surface area (Å²) >= 11 is 0. The van der Waals surface area contributed by atoms with Gasteiger partial charge in [0.25, 0.3) is 0 Å². The molecule has 0 aliphatic carbocycles. The van der Waals surface area contributed by atoms with E-state index in [1.807, 2.05) is 29.2 Å². The first-order chi connectivity index (χ1) is 14.0. The molecule has 162 valence electrons. The van der Waals surface area contributed by atoms with Crippen molar-refractivity contribution in [2.45, 2.75) is 51.9 Å². The van der Waals surface area contributed by atoms with Crippen LogP contribution in [0, 0.1) is 5.92 Å². The molecule has 0 saturated carbocycles. The van der Waals surface area contributed by atoms with E-state index in [0.29, 0.717) is 24.3 Å². The molecule has 0 radical (unpaired) electrons. The molecule has 0 unspecified atom stereocenters. The zero-order chi connectivity index (χ0) is 21.1. The Morgan fingerprint density at radius 2 is 1.79 bits per heavy atom. The average Bonchev–Trinajstić information content (AvgIpc) is 2.76. The van der Waals surface area contributed by atoms with Gasteiger partial charge in [0.2, 0.25) is 5.91 Å². The average molecular weight is 403 g/mol. The first kappa shape index (κ1) is 23.6. The highest BCUT2D eigenvalue weighted by molar-refractivity contribution is 5.98. The lowest BCUT2D eigenvalue weighted by Gasteiger charge is -2.32. The van der Waals surface area contributed by atoms with Crippen LogP contribution in [0.2, 0.25) is 0 Å². The molecule has 5 heteroatoms. The minimum absolute atomic E-state index is 0.0634. The number of Topliss-reactive ketones (excluding diaryl/α,β-unsaturated/α-hetero) is 1. The number of methoxy groups -OCH3 is 1. The number of ketones is 1. The fraction of sp³-hybridized carbons (Fsp3) is 0.667. The van der Waals surface area contributed by atoms with Crippen molar-refractivity contribution < 1.29 is 14.3 Å². The van der Waals surface area contributed by atoms with Crippen molar-refractivity contribution in [3.63, 3.8) is 0 Å². The highest BCUT2D eigenvalue weighted by Gasteiger charge is 2.23. The van der Waals surface area contributed by atoms with E-state index < -0.39 is 0 Å². The molecule has 1 fully saturated rings. The van der Waals surface area contributed by atoms with Gasteiger partial charge in [-0.3, -0.25) is 9.59 Å². The van der Waals surface area contributed by atoms with Crippen LogP contribution in [-0.2, 0) is 16.0 Å². The largest absolute Gasteiger partial charge is 0.383 e. The van der Waals surface area contributed by atoms with Gasteiger partial charge in [-0.25, -0.2) is 0 Å². The molecule has 2 rings (SSSR count). The number of amides is 1. The Hall–Kier alpha value is -1.72. The van der Waals surface area contributed by atoms with Crippen molar-refractivity contribution in [2.75, 3.05) is 46.9 Å². The highest BCUT2D eigenvalue weighted by Crippen LogP contribution is 2.23. The van der Waals surface area contributed by atoms with Crippen molar-refractivity contribution >= 4 is 11.7 Å². The van der Waals surface area contributed by atoms with Crippen molar-refractivity contribution in [3.05, 3.63) is 35.4 Å². The third kappa shape index (κ3) is 8.27. The maximum absolute atomic E-state index is 12.5. The SMILES string of the molecule is CCc1ccc(C(=O)CCC(=O)N2CCC(CCCN(C)CCOC)CC2)cc1. The number of piperidine rings is 1. The van der Waals surface area contributed by atoms with E-state index in [2.05, 4.69) is 18.9 Å². The second kappa shape index (κ2) is 12.8. The van der Waals surface area contributed by atoms with Gasteiger partial charge in [0.1, 0.15) is 0 Å². The number of hydrogen-bond donors (Lipinski definition) is 0. The molecule has 0 spiro atoms. The van der Waals surface area contributed by atoms with Crippen molar-refractivity contribution in [1.29, 1.82) is 0 Å². The number of rotatable bonds is 12. The number of benzene rings is 1. The molecule has 0 N–H and O–H groups in total. The summed E-state index contributed by atoms with van der Waals surface area (Å²) in [5, 5.41) is 0. The molecule has 5 nitrogen and oxygen atoms in total. The van der Waals surface area contributed by atoms with Gasteiger partial charge in [0.15, 0.2) is 5.78 Å². The first-order valence-electron chi connectivity index (χ1n) is 11.1. The lowest BCUT2D eigenvalue weighted by molar-refractivity contribution is -0.132. The molecule has 1 saturated heterocycles. The number of carbonyl (C=O) groups excluding carboxylic acids is 2. The number of aryl methyl sites for hydroxylation is 1. The van der Waals surface area contributed by atoms with Crippen LogP contribution in [0.4, 0.5) is 0 Å². The van der Waals surface area contributed by atoms with E-state index in [4.69, 9.17) is 4.74 Å². The normalized spacial score (nSPS) is 15.1. The topological polar surface area (TPSA) is 49.9 Å². The smallest absolute Gasteiger partial charge is 0.223 e. The Labute approximate surface area is 176 Å². The summed E-state index contributed by atoms with van der Waals surface area (Å²) in [5.74, 6) is 0.906. The Kier molecular flexibility index (Phi) is 10.4. The predicted octanol–water partition coefficient (Wildman–Crippen LogP) is 3.81. The Morgan fingerprint density at radius 1 is 1.10 bits per heavy atom. The van der Waals surface area contributed by atoms with Crippen LogP contribution in [0.5, 0.6) is 0 Å². The summed E-state index contributed by atoms with van der Waals surface area (Å²) in [6.45, 7) is 6.63. The van der Waals surface area contributed by atoms with E-state index >= 15 is 0 Å². The number of nitrogens with zero attached hydrogens (tertiary/aromatic N) is 2. The molecule has 1 amide bonds. The number of carbonyl (C=O) groups is 2. The van der Waals surface area contributed by atoms with Gasteiger partial charge in [0, 0.05) is 45.1 Å². The maximum Gasteiger partial charge on any atom is 0.223 e. The second-order valence-electron chi connectivity index (χ2n) is 8.24. The van der Waals surface area contributed by atoms with Gasteiger partial charge < -0.3 is 14.5 Å². The number of likely N-dealkylation sites (N-methyl/N-ethyl adjacent to an activating group) is 1. The molecule has 0 bridgehead atoms. The molecule has 1 aliphatic heterocycles. The van der Waals surface area contributed by atoms with Crippen molar-refractivity contribution in [2.24, 2.45) is 5.92 Å². The molecule has 1 aromatic rings. The zero-order valence-electron chi connectivity index (χ0n) is 18.5. The quantitative estimate of drug-likeness (QED) is 0.499. The van der Waals surface area contributed by atoms with Crippen LogP contribution < -0.4 is 0 Å². The Balaban J connectivity index is 1.63. The van der Waals surface area contributed by atoms with Crippen LogP contribution in [0.25, 0.3) is 0 Å². The van der Waals surface area contributed by atoms with Crippen LogP contribution >= 0.6 is 0 Å². The first-order valence-corrected chi connectivity index (χ1v) is 11.1. The summed E-state index contributed by atoms with van der Waals surface area (Å²) < 4.78 is 5.11. The van der Waals surface area contributed by atoms with Gasteiger partial charge >= 0.3 is 0 Å². The van der Waals surface area contributed by atoms with E-state index in [0.717, 1.165) is 52.0 Å². The van der Waals surface area contributed by atoms with E-state index in [1.165, 1.54) is 18.4 Å². The Morgan fingerprint density at radius 3 is 2.41 bits per heavy atom. The number of ether oxygens (including phenoxy) is 1. The number of hydrogen-bond acceptors (Lipinski definition) is 4. The van der Waals surface area contributed by atoms with E-state index in [1.54, 1.807) is 7.11 Å². The van der Waals surface area contributed by atoms with Crippen LogP contribution in [-0.4, -0.2) is 68.4 Å². The van der Waals surface area contributed by atoms with Crippen LogP contribution in [0.1, 0.15) is 61.4 Å². The van der Waals surface area contributed by atoms with E-state index in [9.17, 15) is 9.59 Å². The monoisotopic (exact) mass is 402 g/mol. The van der Waals surface area contributed by atoms with Gasteiger partial charge in [-0.2, -0.15) is 0 Å². The van der Waals surface area contributed by atoms with Crippen molar-refractivity contribution in [1.82, 2.24) is 9.80 Å². The van der Waals surface area contributed by atoms with E-state index in [-0.39, 0.29) is 11.7 Å². The van der Waals surface area contributed by atoms with Gasteiger partial charge in [-0.05, 0) is 57.2 Å². The van der Waals surface area contributed by atoms with Gasteiger partial charge in [0.05, 0.1) is 6.61 Å². The fourth-order valence-electron chi connectivity index (χ4n) is 3.93. The molecule has 1 aliphatic rings. The summed E-state index contributed by atoms with van der Waals surface area (Å²) in [7, 11) is 3.88. The van der Waals surface area contributed by atoms with Crippen LogP contribution in [0.3, 0.4) is 0 Å². The van der Waals surface area contributed by atoms with Gasteiger partial charge in [-0.1, -0.05) is 31.2 Å². The maximum atomic E-state index is 12.5. The summed E-state index contributed by atoms with van der Waals surface area (Å²) in [5.41, 5.74) is 1.94. The zero-order valence-corrected chi connectivity index (χ0v) is 18.5. The molecule has 0 atom stereocenters. The summed E-state index contributed by atoms with van der Waals surface area (Å²) in [6.07, 6.45) is 6.18. The summed E-state index contributed by atoms with van der Waals surface area (Å²) in [6, 6.07) is 7.75. The minimum atomic E-state index is 0.0634. The molecule has 29 heavy (non-hydrogen) atoms. The van der Waals surface area contributed by atoms with Crippen molar-refractivity contribution in [3.8, 4) is 0 Å². The standard InChI is InChI=1S/C24H38N2O3/c1-4-20-7-9-22(10-8-20)23(27)11-12-24(28)26-16-13-21(14-17-26)6-5-15-25(2)18-19-29-3/h7-10,21H,4-6,11-19H2,1-3H3. The molecular weight excluding hydrogens is 364 g/mol. The molecule has 1 heterocycles. The molecule has 0 aromatic heterocycles. The van der Waals surface area contributed by atoms with Gasteiger partial charge in [-0.15, -0.1) is 0 Å². The predicted molar refractivity (Wildman–Crippen MR) is 117 cm³/mol. The van der Waals surface area contributed by atoms with Crippen LogP contribution in [0.15, 0.2) is 24.3 Å².